The van der Waals surface area contributed by atoms with E-state index in [2.05, 4.69) is 10.1 Å². The lowest BCUT2D eigenvalue weighted by Crippen LogP contribution is -2.03. The van der Waals surface area contributed by atoms with Crippen LogP contribution in [0.5, 0.6) is 5.88 Å². The minimum atomic E-state index is -0.227. The summed E-state index contributed by atoms with van der Waals surface area (Å²) in [6, 6.07) is 6.74. The van der Waals surface area contributed by atoms with Gasteiger partial charge in [0.2, 0.25) is 5.88 Å². The van der Waals surface area contributed by atoms with E-state index < -0.39 is 0 Å². The predicted molar refractivity (Wildman–Crippen MR) is 54.0 cm³/mol. The number of hydrogen-bond acceptors (Lipinski definition) is 5. The monoisotopic (exact) mass is 219 g/mol. The van der Waals surface area contributed by atoms with Gasteiger partial charge in [-0.15, -0.1) is 0 Å². The van der Waals surface area contributed by atoms with Crippen molar-refractivity contribution in [2.24, 2.45) is 0 Å². The fraction of sp³-hybridized carbons (Fsp3) is 0.100. The van der Waals surface area contributed by atoms with E-state index in [0.717, 1.165) is 0 Å². The van der Waals surface area contributed by atoms with Gasteiger partial charge in [0.05, 0.1) is 12.3 Å². The molecule has 2 aromatic heterocycles. The van der Waals surface area contributed by atoms with Crippen LogP contribution in [-0.2, 0) is 11.4 Å². The standard InChI is InChI=1S/C10H9N3O3/c14-6-8-5-10(16-7-15)13(12-8)9-3-1-2-4-11-9/h1-5,7,14H,6H2. The molecule has 0 aliphatic rings. The zero-order valence-corrected chi connectivity index (χ0v) is 8.28. The van der Waals surface area contributed by atoms with Crippen LogP contribution in [0.3, 0.4) is 0 Å². The summed E-state index contributed by atoms with van der Waals surface area (Å²) >= 11 is 0. The van der Waals surface area contributed by atoms with Gasteiger partial charge in [-0.1, -0.05) is 6.07 Å². The average Bonchev–Trinajstić information content (AvgIpc) is 2.74. The Morgan fingerprint density at radius 3 is 3.00 bits per heavy atom. The number of aliphatic hydroxyl groups excluding tert-OH is 1. The lowest BCUT2D eigenvalue weighted by Gasteiger charge is -2.02. The lowest BCUT2D eigenvalue weighted by molar-refractivity contribution is -0.121. The Labute approximate surface area is 91.1 Å². The topological polar surface area (TPSA) is 77.2 Å². The normalized spacial score (nSPS) is 10.1. The van der Waals surface area contributed by atoms with Gasteiger partial charge in [0, 0.05) is 12.3 Å². The van der Waals surface area contributed by atoms with Crippen molar-refractivity contribution in [3.05, 3.63) is 36.2 Å². The molecule has 82 valence electrons. The molecule has 0 saturated heterocycles. The summed E-state index contributed by atoms with van der Waals surface area (Å²) in [4.78, 5) is 14.4. The van der Waals surface area contributed by atoms with Gasteiger partial charge >= 0.3 is 0 Å². The molecule has 1 N–H and O–H groups in total. The van der Waals surface area contributed by atoms with Crippen molar-refractivity contribution in [3.63, 3.8) is 0 Å². The second kappa shape index (κ2) is 4.54. The van der Waals surface area contributed by atoms with Crippen LogP contribution in [0.1, 0.15) is 5.69 Å². The van der Waals surface area contributed by atoms with E-state index in [1.54, 1.807) is 24.4 Å². The number of aliphatic hydroxyl groups is 1. The average molecular weight is 219 g/mol. The van der Waals surface area contributed by atoms with Crippen molar-refractivity contribution in [1.29, 1.82) is 0 Å². The highest BCUT2D eigenvalue weighted by atomic mass is 16.5. The summed E-state index contributed by atoms with van der Waals surface area (Å²) in [6.07, 6.45) is 1.60. The first kappa shape index (κ1) is 10.3. The molecule has 0 saturated carbocycles. The Hall–Kier alpha value is -2.21. The summed E-state index contributed by atoms with van der Waals surface area (Å²) < 4.78 is 6.09. The molecule has 2 rings (SSSR count). The molecule has 6 heteroatoms. The van der Waals surface area contributed by atoms with Crippen LogP contribution in [-0.4, -0.2) is 26.3 Å². The molecule has 2 heterocycles. The molecule has 0 bridgehead atoms. The van der Waals surface area contributed by atoms with Crippen LogP contribution in [0, 0.1) is 0 Å². The lowest BCUT2D eigenvalue weighted by atomic mass is 10.4. The maximum Gasteiger partial charge on any atom is 0.299 e. The smallest absolute Gasteiger partial charge is 0.299 e. The highest BCUT2D eigenvalue weighted by Crippen LogP contribution is 2.17. The Bertz CT molecular complexity index is 481. The van der Waals surface area contributed by atoms with Gasteiger partial charge in [0.1, 0.15) is 0 Å². The summed E-state index contributed by atoms with van der Waals surface area (Å²) in [5, 5.41) is 13.0. The van der Waals surface area contributed by atoms with Gasteiger partial charge < -0.3 is 9.84 Å². The molecule has 0 aliphatic carbocycles. The summed E-state index contributed by atoms with van der Waals surface area (Å²) in [6.45, 7) is 0.0760. The van der Waals surface area contributed by atoms with Gasteiger partial charge in [-0.05, 0) is 12.1 Å². The molecule has 6 nitrogen and oxygen atoms in total. The third-order valence-corrected chi connectivity index (χ3v) is 1.92. The molecule has 0 fully saturated rings. The van der Waals surface area contributed by atoms with Gasteiger partial charge in [0.25, 0.3) is 6.47 Å². The van der Waals surface area contributed by atoms with E-state index in [-0.39, 0.29) is 12.5 Å². The SMILES string of the molecule is O=COc1cc(CO)nn1-c1ccccn1. The third kappa shape index (κ3) is 1.91. The van der Waals surface area contributed by atoms with E-state index in [1.807, 2.05) is 0 Å². The van der Waals surface area contributed by atoms with Crippen LogP contribution in [0.2, 0.25) is 0 Å². The van der Waals surface area contributed by atoms with Crippen molar-refractivity contribution in [3.8, 4) is 11.7 Å². The molecule has 0 aromatic carbocycles. The number of pyridine rings is 1. The molecule has 16 heavy (non-hydrogen) atoms. The third-order valence-electron chi connectivity index (χ3n) is 1.92. The zero-order chi connectivity index (χ0) is 11.4. The minimum Gasteiger partial charge on any atom is -0.409 e. The Balaban J connectivity index is 2.46. The number of ether oxygens (including phenoxy) is 1. The predicted octanol–water partition coefficient (Wildman–Crippen LogP) is 0.295. The first-order valence-electron chi connectivity index (χ1n) is 4.56. The van der Waals surface area contributed by atoms with E-state index in [1.165, 1.54) is 10.7 Å². The van der Waals surface area contributed by atoms with E-state index >= 15 is 0 Å². The Morgan fingerprint density at radius 1 is 1.50 bits per heavy atom. The molecule has 0 amide bonds. The molecule has 2 aromatic rings. The number of rotatable bonds is 4. The van der Waals surface area contributed by atoms with E-state index in [0.29, 0.717) is 18.0 Å². The fourth-order valence-corrected chi connectivity index (χ4v) is 1.26. The molecular formula is C10H9N3O3. The maximum atomic E-state index is 10.3. The quantitative estimate of drug-likeness (QED) is 0.748. The zero-order valence-electron chi connectivity index (χ0n) is 8.28. The van der Waals surface area contributed by atoms with Crippen LogP contribution in [0.15, 0.2) is 30.5 Å². The first-order chi connectivity index (χ1) is 7.85. The molecule has 0 spiro atoms. The number of carbonyl (C=O) groups excluding carboxylic acids is 1. The van der Waals surface area contributed by atoms with Crippen molar-refractivity contribution in [2.45, 2.75) is 6.61 Å². The summed E-state index contributed by atoms with van der Waals surface area (Å²) in [5.74, 6) is 0.733. The number of aromatic nitrogens is 3. The van der Waals surface area contributed by atoms with Crippen molar-refractivity contribution in [1.82, 2.24) is 14.8 Å². The second-order valence-corrected chi connectivity index (χ2v) is 2.95. The number of carbonyl (C=O) groups is 1. The van der Waals surface area contributed by atoms with Crippen LogP contribution >= 0.6 is 0 Å². The van der Waals surface area contributed by atoms with Gasteiger partial charge in [0.15, 0.2) is 5.82 Å². The molecule has 0 aliphatic heterocycles. The molecule has 0 unspecified atom stereocenters. The maximum absolute atomic E-state index is 10.3. The molecule has 0 atom stereocenters. The highest BCUT2D eigenvalue weighted by molar-refractivity contribution is 5.44. The number of nitrogens with zero attached hydrogens (tertiary/aromatic N) is 3. The van der Waals surface area contributed by atoms with Crippen molar-refractivity contribution >= 4 is 6.47 Å². The van der Waals surface area contributed by atoms with Crippen LogP contribution in [0.4, 0.5) is 0 Å². The largest absolute Gasteiger partial charge is 0.409 e. The van der Waals surface area contributed by atoms with Crippen LogP contribution < -0.4 is 4.74 Å². The van der Waals surface area contributed by atoms with Crippen molar-refractivity contribution in [2.75, 3.05) is 0 Å². The molecule has 0 radical (unpaired) electrons. The highest BCUT2D eigenvalue weighted by Gasteiger charge is 2.10. The summed E-state index contributed by atoms with van der Waals surface area (Å²) in [7, 11) is 0. The number of hydrogen-bond donors (Lipinski definition) is 1. The van der Waals surface area contributed by atoms with Gasteiger partial charge in [-0.2, -0.15) is 9.78 Å². The second-order valence-electron chi connectivity index (χ2n) is 2.95. The van der Waals surface area contributed by atoms with Gasteiger partial charge in [-0.3, -0.25) is 4.79 Å². The Morgan fingerprint density at radius 2 is 2.38 bits per heavy atom. The van der Waals surface area contributed by atoms with Crippen LogP contribution in [0.25, 0.3) is 5.82 Å². The minimum absolute atomic E-state index is 0.220. The van der Waals surface area contributed by atoms with Gasteiger partial charge in [-0.25, -0.2) is 4.98 Å². The molecular weight excluding hydrogens is 210 g/mol. The fourth-order valence-electron chi connectivity index (χ4n) is 1.26. The van der Waals surface area contributed by atoms with E-state index in [9.17, 15) is 4.79 Å². The summed E-state index contributed by atoms with van der Waals surface area (Å²) in [5.41, 5.74) is 0.405. The van der Waals surface area contributed by atoms with E-state index in [4.69, 9.17) is 9.84 Å². The van der Waals surface area contributed by atoms with Crippen molar-refractivity contribution < 1.29 is 14.6 Å². The first-order valence-corrected chi connectivity index (χ1v) is 4.56. The Kier molecular flexibility index (Phi) is 2.93.